The summed E-state index contributed by atoms with van der Waals surface area (Å²) in [6.07, 6.45) is 1.81. The van der Waals surface area contributed by atoms with E-state index >= 15 is 0 Å². The lowest BCUT2D eigenvalue weighted by molar-refractivity contribution is -0.674. The summed E-state index contributed by atoms with van der Waals surface area (Å²) in [4.78, 5) is 11.2. The van der Waals surface area contributed by atoms with Gasteiger partial charge in [-0.2, -0.15) is 4.57 Å². The van der Waals surface area contributed by atoms with Gasteiger partial charge in [0.25, 0.3) is 5.69 Å². The first-order valence-electron chi connectivity index (χ1n) is 3.87. The Balaban J connectivity index is 0.00000144. The van der Waals surface area contributed by atoms with Crippen LogP contribution in [0, 0.1) is 0 Å². The predicted octanol–water partition coefficient (Wildman–Crippen LogP) is -2.31. The molecule has 0 N–H and O–H groups in total. The highest BCUT2D eigenvalue weighted by Crippen LogP contribution is 1.93. The first-order chi connectivity index (χ1) is 5.75. The number of aromatic nitrogens is 1. The van der Waals surface area contributed by atoms with E-state index in [0.717, 1.165) is 0 Å². The zero-order chi connectivity index (χ0) is 8.97. The van der Waals surface area contributed by atoms with Crippen molar-refractivity contribution in [3.05, 3.63) is 30.1 Å². The lowest BCUT2D eigenvalue weighted by atomic mass is 10.3. The molecule has 1 aromatic rings. The van der Waals surface area contributed by atoms with Crippen LogP contribution in [0.5, 0.6) is 0 Å². The van der Waals surface area contributed by atoms with Gasteiger partial charge in [-0.3, -0.25) is 0 Å². The third-order valence-electron chi connectivity index (χ3n) is 1.54. The molecule has 1 rings (SSSR count). The first kappa shape index (κ1) is 12.3. The van der Waals surface area contributed by atoms with Gasteiger partial charge in [0.2, 0.25) is 0 Å². The molecule has 0 atom stereocenters. The van der Waals surface area contributed by atoms with Crippen molar-refractivity contribution >= 4 is 5.97 Å². The van der Waals surface area contributed by atoms with Crippen LogP contribution in [-0.2, 0) is 11.8 Å². The van der Waals surface area contributed by atoms with Crippen LogP contribution in [0.2, 0.25) is 0 Å². The van der Waals surface area contributed by atoms with E-state index in [2.05, 4.69) is 0 Å². The van der Waals surface area contributed by atoms with Crippen molar-refractivity contribution in [2.24, 2.45) is 7.05 Å². The SMILES string of the molecule is CCOC(=O)c1cccc[n+]1C.[I-]. The maximum atomic E-state index is 11.2. The van der Waals surface area contributed by atoms with Gasteiger partial charge in [-0.1, -0.05) is 0 Å². The molecule has 0 radical (unpaired) electrons. The van der Waals surface area contributed by atoms with Crippen LogP contribution in [0.1, 0.15) is 17.4 Å². The van der Waals surface area contributed by atoms with Crippen molar-refractivity contribution in [2.45, 2.75) is 6.92 Å². The van der Waals surface area contributed by atoms with E-state index < -0.39 is 0 Å². The fourth-order valence-corrected chi connectivity index (χ4v) is 0.940. The molecule has 0 saturated heterocycles. The quantitative estimate of drug-likeness (QED) is 0.348. The summed E-state index contributed by atoms with van der Waals surface area (Å²) in [5.74, 6) is -0.277. The van der Waals surface area contributed by atoms with E-state index in [4.69, 9.17) is 4.74 Å². The summed E-state index contributed by atoms with van der Waals surface area (Å²) >= 11 is 0. The largest absolute Gasteiger partial charge is 1.00 e. The average Bonchev–Trinajstić information content (AvgIpc) is 2.05. The summed E-state index contributed by atoms with van der Waals surface area (Å²) in [7, 11) is 1.81. The number of esters is 1. The molecule has 0 fully saturated rings. The zero-order valence-electron chi connectivity index (χ0n) is 7.66. The first-order valence-corrected chi connectivity index (χ1v) is 3.87. The molecule has 1 aromatic heterocycles. The fraction of sp³-hybridized carbons (Fsp3) is 0.333. The summed E-state index contributed by atoms with van der Waals surface area (Å²) in [6.45, 7) is 2.20. The molecule has 0 bridgehead atoms. The molecule has 0 aliphatic rings. The van der Waals surface area contributed by atoms with Crippen molar-refractivity contribution in [1.82, 2.24) is 0 Å². The Morgan fingerprint density at radius 2 is 2.23 bits per heavy atom. The van der Waals surface area contributed by atoms with Crippen LogP contribution < -0.4 is 28.5 Å². The van der Waals surface area contributed by atoms with Crippen molar-refractivity contribution in [3.63, 3.8) is 0 Å². The van der Waals surface area contributed by atoms with Gasteiger partial charge >= 0.3 is 5.97 Å². The van der Waals surface area contributed by atoms with Crippen LogP contribution in [0.4, 0.5) is 0 Å². The van der Waals surface area contributed by atoms with Gasteiger partial charge < -0.3 is 28.7 Å². The van der Waals surface area contributed by atoms with Gasteiger partial charge in [0, 0.05) is 12.1 Å². The summed E-state index contributed by atoms with van der Waals surface area (Å²) in [5, 5.41) is 0. The van der Waals surface area contributed by atoms with E-state index in [0.29, 0.717) is 12.3 Å². The molecule has 4 heteroatoms. The van der Waals surface area contributed by atoms with E-state index in [1.807, 2.05) is 25.4 Å². The van der Waals surface area contributed by atoms with Gasteiger partial charge in [-0.25, -0.2) is 4.79 Å². The molecular weight excluding hydrogens is 281 g/mol. The van der Waals surface area contributed by atoms with Gasteiger partial charge in [0.15, 0.2) is 6.20 Å². The van der Waals surface area contributed by atoms with Crippen LogP contribution in [-0.4, -0.2) is 12.6 Å². The number of rotatable bonds is 2. The molecule has 0 aromatic carbocycles. The molecule has 13 heavy (non-hydrogen) atoms. The van der Waals surface area contributed by atoms with Crippen LogP contribution >= 0.6 is 0 Å². The fourth-order valence-electron chi connectivity index (χ4n) is 0.940. The van der Waals surface area contributed by atoms with Crippen molar-refractivity contribution in [3.8, 4) is 0 Å². The molecule has 0 amide bonds. The Kier molecular flexibility index (Phi) is 5.61. The third kappa shape index (κ3) is 3.30. The van der Waals surface area contributed by atoms with Crippen LogP contribution in [0.3, 0.4) is 0 Å². The monoisotopic (exact) mass is 293 g/mol. The zero-order valence-corrected chi connectivity index (χ0v) is 9.82. The standard InChI is InChI=1S/C9H12NO2.HI/c1-3-12-9(11)8-6-4-5-7-10(8)2;/h4-7H,3H2,1-2H3;1H/q+1;/p-1. The second-order valence-electron chi connectivity index (χ2n) is 2.42. The molecule has 0 aliphatic heterocycles. The number of nitrogens with zero attached hydrogens (tertiary/aromatic N) is 1. The van der Waals surface area contributed by atoms with E-state index in [-0.39, 0.29) is 29.9 Å². The van der Waals surface area contributed by atoms with Crippen LogP contribution in [0.15, 0.2) is 24.4 Å². The average molecular weight is 293 g/mol. The molecule has 0 unspecified atom stereocenters. The number of carbonyl (C=O) groups excluding carboxylic acids is 1. The van der Waals surface area contributed by atoms with E-state index in [1.54, 1.807) is 17.6 Å². The van der Waals surface area contributed by atoms with Crippen molar-refractivity contribution < 1.29 is 38.1 Å². The predicted molar refractivity (Wildman–Crippen MR) is 43.6 cm³/mol. The molecule has 1 heterocycles. The third-order valence-corrected chi connectivity index (χ3v) is 1.54. The van der Waals surface area contributed by atoms with Crippen molar-refractivity contribution in [2.75, 3.05) is 6.61 Å². The Bertz CT molecular complexity index is 289. The highest BCUT2D eigenvalue weighted by atomic mass is 127. The Labute approximate surface area is 94.7 Å². The maximum Gasteiger partial charge on any atom is 0.403 e. The maximum absolute atomic E-state index is 11.2. The summed E-state index contributed by atoms with van der Waals surface area (Å²) < 4.78 is 6.58. The number of hydrogen-bond acceptors (Lipinski definition) is 2. The minimum atomic E-state index is -0.277. The Morgan fingerprint density at radius 3 is 2.77 bits per heavy atom. The lowest BCUT2D eigenvalue weighted by Crippen LogP contribution is -3.00. The molecule has 3 nitrogen and oxygen atoms in total. The smallest absolute Gasteiger partial charge is 0.403 e. The van der Waals surface area contributed by atoms with E-state index in [9.17, 15) is 4.79 Å². The molecular formula is C9H12INO2. The van der Waals surface area contributed by atoms with Gasteiger partial charge in [-0.05, 0) is 13.0 Å². The summed E-state index contributed by atoms with van der Waals surface area (Å²) in [5.41, 5.74) is 0.569. The van der Waals surface area contributed by atoms with Gasteiger partial charge in [0.1, 0.15) is 7.05 Å². The number of pyridine rings is 1. The number of halogens is 1. The normalized spacial score (nSPS) is 8.77. The van der Waals surface area contributed by atoms with Gasteiger partial charge in [0.05, 0.1) is 6.61 Å². The number of hydrogen-bond donors (Lipinski definition) is 0. The van der Waals surface area contributed by atoms with Crippen molar-refractivity contribution in [1.29, 1.82) is 0 Å². The Hall–Kier alpha value is -0.650. The number of ether oxygens (including phenoxy) is 1. The minimum absolute atomic E-state index is 0. The Morgan fingerprint density at radius 1 is 1.54 bits per heavy atom. The van der Waals surface area contributed by atoms with Crippen LogP contribution in [0.25, 0.3) is 0 Å². The minimum Gasteiger partial charge on any atom is -1.00 e. The summed E-state index contributed by atoms with van der Waals surface area (Å²) in [6, 6.07) is 5.41. The molecule has 0 aliphatic carbocycles. The molecule has 72 valence electrons. The second kappa shape index (κ2) is 5.90. The topological polar surface area (TPSA) is 30.2 Å². The second-order valence-corrected chi connectivity index (χ2v) is 2.42. The molecule has 0 saturated carbocycles. The van der Waals surface area contributed by atoms with Gasteiger partial charge in [-0.15, -0.1) is 0 Å². The highest BCUT2D eigenvalue weighted by molar-refractivity contribution is 5.85. The lowest BCUT2D eigenvalue weighted by Gasteiger charge is -1.98. The highest BCUT2D eigenvalue weighted by Gasteiger charge is 2.15. The number of aryl methyl sites for hydroxylation is 1. The molecule has 0 spiro atoms. The van der Waals surface area contributed by atoms with E-state index in [1.165, 1.54) is 0 Å². The number of carbonyl (C=O) groups is 1.